The summed E-state index contributed by atoms with van der Waals surface area (Å²) < 4.78 is 0. The quantitative estimate of drug-likeness (QED) is 0.702. The molecule has 0 spiro atoms. The normalized spacial score (nSPS) is 14.2. The van der Waals surface area contributed by atoms with E-state index in [1.807, 2.05) is 0 Å². The third kappa shape index (κ3) is 2.30. The van der Waals surface area contributed by atoms with Gasteiger partial charge in [-0.15, -0.1) is 0 Å². The highest BCUT2D eigenvalue weighted by Gasteiger charge is 2.09. The van der Waals surface area contributed by atoms with Gasteiger partial charge in [-0.2, -0.15) is 0 Å². The lowest BCUT2D eigenvalue weighted by atomic mass is 10.1. The van der Waals surface area contributed by atoms with Crippen molar-refractivity contribution in [3.63, 3.8) is 0 Å². The second-order valence-corrected chi connectivity index (χ2v) is 4.31. The van der Waals surface area contributed by atoms with E-state index >= 15 is 0 Å². The number of allylic oxidation sites excluding steroid dienone is 2. The zero-order valence-electron chi connectivity index (χ0n) is 9.35. The van der Waals surface area contributed by atoms with Gasteiger partial charge in [-0.3, -0.25) is 0 Å². The molecule has 0 fully saturated rings. The highest BCUT2D eigenvalue weighted by atomic mass is 15.1. The maximum absolute atomic E-state index is 2.32. The summed E-state index contributed by atoms with van der Waals surface area (Å²) in [5, 5.41) is 0. The molecule has 0 atom stereocenters. The summed E-state index contributed by atoms with van der Waals surface area (Å²) in [5.41, 5.74) is 2.60. The summed E-state index contributed by atoms with van der Waals surface area (Å²) >= 11 is 0. The van der Waals surface area contributed by atoms with E-state index in [1.165, 1.54) is 11.3 Å². The van der Waals surface area contributed by atoms with E-state index in [9.17, 15) is 0 Å². The minimum Gasteiger partial charge on any atom is -0.347 e. The monoisotopic (exact) mass is 199 g/mol. The summed E-state index contributed by atoms with van der Waals surface area (Å²) in [6.07, 6.45) is 8.51. The topological polar surface area (TPSA) is 3.24 Å². The molecule has 0 unspecified atom stereocenters. The van der Waals surface area contributed by atoms with Crippen LogP contribution in [0.1, 0.15) is 19.4 Å². The number of rotatable bonds is 2. The Morgan fingerprint density at radius 2 is 1.93 bits per heavy atom. The molecule has 1 nitrogen and oxygen atoms in total. The smallest absolute Gasteiger partial charge is 0.0479 e. The predicted octanol–water partition coefficient (Wildman–Crippen LogP) is 3.69. The molecule has 1 heteroatoms. The Hall–Kier alpha value is -1.50. The third-order valence-corrected chi connectivity index (χ3v) is 2.46. The fourth-order valence-electron chi connectivity index (χ4n) is 1.84. The van der Waals surface area contributed by atoms with E-state index in [0.29, 0.717) is 5.92 Å². The molecule has 2 rings (SSSR count). The highest BCUT2D eigenvalue weighted by Crippen LogP contribution is 2.24. The molecular formula is C14H17N. The van der Waals surface area contributed by atoms with Crippen molar-refractivity contribution in [3.8, 4) is 0 Å². The molecule has 1 aromatic rings. The van der Waals surface area contributed by atoms with E-state index < -0.39 is 0 Å². The number of benzene rings is 1. The Labute approximate surface area is 91.7 Å². The lowest BCUT2D eigenvalue weighted by molar-refractivity contribution is 0.649. The van der Waals surface area contributed by atoms with Crippen LogP contribution >= 0.6 is 0 Å². The predicted molar refractivity (Wildman–Crippen MR) is 66.8 cm³/mol. The summed E-state index contributed by atoms with van der Waals surface area (Å²) in [5.74, 6) is 0.667. The molecule has 0 saturated heterocycles. The summed E-state index contributed by atoms with van der Waals surface area (Å²) in [4.78, 5) is 2.32. The number of hydrogen-bond donors (Lipinski definition) is 0. The molecule has 0 aromatic heterocycles. The van der Waals surface area contributed by atoms with Gasteiger partial charge in [0.1, 0.15) is 0 Å². The average Bonchev–Trinajstić information content (AvgIpc) is 2.41. The van der Waals surface area contributed by atoms with Crippen LogP contribution in [0, 0.1) is 5.92 Å². The Morgan fingerprint density at radius 3 is 2.73 bits per heavy atom. The summed E-state index contributed by atoms with van der Waals surface area (Å²) in [6.45, 7) is 5.55. The van der Waals surface area contributed by atoms with Crippen molar-refractivity contribution >= 4 is 11.8 Å². The minimum atomic E-state index is 0.667. The minimum absolute atomic E-state index is 0.667. The molecule has 15 heavy (non-hydrogen) atoms. The Morgan fingerprint density at radius 1 is 1.13 bits per heavy atom. The zero-order valence-corrected chi connectivity index (χ0v) is 9.35. The van der Waals surface area contributed by atoms with Gasteiger partial charge in [-0.1, -0.05) is 44.2 Å². The van der Waals surface area contributed by atoms with Gasteiger partial charge in [0.15, 0.2) is 0 Å². The SMILES string of the molecule is CC(C)CN1C=CC=Cc2ccccc21. The molecule has 1 aliphatic rings. The third-order valence-electron chi connectivity index (χ3n) is 2.46. The van der Waals surface area contributed by atoms with E-state index in [0.717, 1.165) is 6.54 Å². The zero-order chi connectivity index (χ0) is 10.7. The van der Waals surface area contributed by atoms with E-state index in [2.05, 4.69) is 67.4 Å². The summed E-state index contributed by atoms with van der Waals surface area (Å²) in [6, 6.07) is 8.52. The average molecular weight is 199 g/mol. The molecule has 78 valence electrons. The Bertz CT molecular complexity index is 388. The molecule has 1 heterocycles. The number of hydrogen-bond acceptors (Lipinski definition) is 1. The lowest BCUT2D eigenvalue weighted by Gasteiger charge is -2.23. The number of para-hydroxylation sites is 1. The van der Waals surface area contributed by atoms with Crippen LogP contribution in [-0.2, 0) is 0 Å². The van der Waals surface area contributed by atoms with Gasteiger partial charge in [-0.05, 0) is 23.6 Å². The van der Waals surface area contributed by atoms with Crippen LogP contribution in [0.25, 0.3) is 6.08 Å². The fourth-order valence-corrected chi connectivity index (χ4v) is 1.84. The van der Waals surface area contributed by atoms with Crippen molar-refractivity contribution < 1.29 is 0 Å². The molecule has 1 aliphatic heterocycles. The highest BCUT2D eigenvalue weighted by molar-refractivity contribution is 5.71. The Kier molecular flexibility index (Phi) is 2.91. The van der Waals surface area contributed by atoms with Gasteiger partial charge in [0.25, 0.3) is 0 Å². The van der Waals surface area contributed by atoms with Crippen LogP contribution in [-0.4, -0.2) is 6.54 Å². The molecule has 0 radical (unpaired) electrons. The second-order valence-electron chi connectivity index (χ2n) is 4.31. The first kappa shape index (κ1) is 10.0. The van der Waals surface area contributed by atoms with E-state index in [4.69, 9.17) is 0 Å². The van der Waals surface area contributed by atoms with Crippen LogP contribution in [0.15, 0.2) is 42.6 Å². The van der Waals surface area contributed by atoms with E-state index in [1.54, 1.807) is 0 Å². The van der Waals surface area contributed by atoms with Gasteiger partial charge >= 0.3 is 0 Å². The molecule has 0 aliphatic carbocycles. The number of fused-ring (bicyclic) bond motifs is 1. The van der Waals surface area contributed by atoms with Crippen LogP contribution < -0.4 is 4.90 Å². The van der Waals surface area contributed by atoms with Gasteiger partial charge in [0.05, 0.1) is 0 Å². The molecule has 1 aromatic carbocycles. The van der Waals surface area contributed by atoms with Crippen LogP contribution in [0.5, 0.6) is 0 Å². The van der Waals surface area contributed by atoms with Gasteiger partial charge in [0.2, 0.25) is 0 Å². The Balaban J connectivity index is 2.35. The van der Waals surface area contributed by atoms with Crippen LogP contribution in [0.2, 0.25) is 0 Å². The van der Waals surface area contributed by atoms with Gasteiger partial charge in [0, 0.05) is 18.4 Å². The molecular weight excluding hydrogens is 182 g/mol. The van der Waals surface area contributed by atoms with Gasteiger partial charge in [-0.25, -0.2) is 0 Å². The fraction of sp³-hybridized carbons (Fsp3) is 0.286. The van der Waals surface area contributed by atoms with Crippen molar-refractivity contribution in [2.24, 2.45) is 5.92 Å². The first-order chi connectivity index (χ1) is 7.27. The summed E-state index contributed by atoms with van der Waals surface area (Å²) in [7, 11) is 0. The maximum atomic E-state index is 2.32. The van der Waals surface area contributed by atoms with Crippen LogP contribution in [0.4, 0.5) is 5.69 Å². The van der Waals surface area contributed by atoms with Crippen molar-refractivity contribution in [1.82, 2.24) is 0 Å². The molecule has 0 N–H and O–H groups in total. The second kappa shape index (κ2) is 4.35. The van der Waals surface area contributed by atoms with Crippen molar-refractivity contribution in [3.05, 3.63) is 48.2 Å². The molecule has 0 saturated carbocycles. The standard InChI is InChI=1S/C14H17N/c1-12(2)11-15-10-6-5-8-13-7-3-4-9-14(13)15/h3-10,12H,11H2,1-2H3. The van der Waals surface area contributed by atoms with Gasteiger partial charge < -0.3 is 4.90 Å². The largest absolute Gasteiger partial charge is 0.347 e. The maximum Gasteiger partial charge on any atom is 0.0479 e. The van der Waals surface area contributed by atoms with Crippen molar-refractivity contribution in [1.29, 1.82) is 0 Å². The lowest BCUT2D eigenvalue weighted by Crippen LogP contribution is -2.21. The van der Waals surface area contributed by atoms with E-state index in [-0.39, 0.29) is 0 Å². The number of nitrogens with zero attached hydrogens (tertiary/aromatic N) is 1. The molecule has 0 bridgehead atoms. The molecule has 0 amide bonds. The first-order valence-corrected chi connectivity index (χ1v) is 5.48. The van der Waals surface area contributed by atoms with Crippen LogP contribution in [0.3, 0.4) is 0 Å². The van der Waals surface area contributed by atoms with Crippen molar-refractivity contribution in [2.45, 2.75) is 13.8 Å². The van der Waals surface area contributed by atoms with Crippen molar-refractivity contribution in [2.75, 3.05) is 11.4 Å². The first-order valence-electron chi connectivity index (χ1n) is 5.48. The number of anilines is 1.